The Morgan fingerprint density at radius 2 is 1.91 bits per heavy atom. The molecule has 3 rings (SSSR count). The van der Waals surface area contributed by atoms with E-state index in [1.54, 1.807) is 7.11 Å². The van der Waals surface area contributed by atoms with E-state index in [0.717, 1.165) is 55.5 Å². The highest BCUT2D eigenvalue weighted by molar-refractivity contribution is 6.03. The van der Waals surface area contributed by atoms with Crippen molar-refractivity contribution in [2.45, 2.75) is 71.6 Å². The molecular formula is C26H35NO5. The molecule has 6 heteroatoms. The van der Waals surface area contributed by atoms with Gasteiger partial charge in [0.15, 0.2) is 17.3 Å². The maximum absolute atomic E-state index is 13.2. The van der Waals surface area contributed by atoms with Gasteiger partial charge in [-0.3, -0.25) is 4.79 Å². The molecule has 1 atom stereocenters. The Hall–Kier alpha value is -2.76. The highest BCUT2D eigenvalue weighted by atomic mass is 16.5. The summed E-state index contributed by atoms with van der Waals surface area (Å²) in [7, 11) is 1.60. The number of unbranched alkanes of at least 4 members (excludes halogenated alkanes) is 2. The minimum Gasteiger partial charge on any atom is -0.493 e. The summed E-state index contributed by atoms with van der Waals surface area (Å²) in [6.07, 6.45) is 5.88. The van der Waals surface area contributed by atoms with E-state index >= 15 is 0 Å². The molecule has 0 fully saturated rings. The molecule has 174 valence electrons. The van der Waals surface area contributed by atoms with Gasteiger partial charge in [0.1, 0.15) is 0 Å². The SMILES string of the molecule is CCCCCOC(=O)C1=C(C)NC2=C(C(=O)CCC2)[C@H]1c1ccc(OCCC)c(OC)c1. The third-order valence-corrected chi connectivity index (χ3v) is 5.96. The molecule has 6 nitrogen and oxygen atoms in total. The van der Waals surface area contributed by atoms with E-state index in [-0.39, 0.29) is 11.8 Å². The normalized spacial score (nSPS) is 18.2. The van der Waals surface area contributed by atoms with Crippen molar-refractivity contribution >= 4 is 11.8 Å². The van der Waals surface area contributed by atoms with Crippen LogP contribution in [0.15, 0.2) is 40.7 Å². The molecule has 0 bridgehead atoms. The number of allylic oxidation sites excluding steroid dienone is 3. The molecule has 1 aliphatic carbocycles. The van der Waals surface area contributed by atoms with Crippen LogP contribution >= 0.6 is 0 Å². The number of ketones is 1. The van der Waals surface area contributed by atoms with E-state index < -0.39 is 5.92 Å². The summed E-state index contributed by atoms with van der Waals surface area (Å²) in [6.45, 7) is 7.01. The molecule has 1 aliphatic heterocycles. The zero-order chi connectivity index (χ0) is 23.1. The van der Waals surface area contributed by atoms with Crippen LogP contribution in [0.4, 0.5) is 0 Å². The number of carbonyl (C=O) groups is 2. The van der Waals surface area contributed by atoms with E-state index in [0.29, 0.717) is 42.3 Å². The summed E-state index contributed by atoms with van der Waals surface area (Å²) < 4.78 is 17.0. The van der Waals surface area contributed by atoms with E-state index in [1.807, 2.05) is 32.0 Å². The molecule has 1 aromatic rings. The first kappa shape index (κ1) is 23.9. The van der Waals surface area contributed by atoms with E-state index in [1.165, 1.54) is 0 Å². The van der Waals surface area contributed by atoms with Crippen molar-refractivity contribution in [1.82, 2.24) is 5.32 Å². The summed E-state index contributed by atoms with van der Waals surface area (Å²) >= 11 is 0. The number of hydrogen-bond acceptors (Lipinski definition) is 6. The fourth-order valence-electron chi connectivity index (χ4n) is 4.38. The van der Waals surface area contributed by atoms with Crippen LogP contribution in [0.3, 0.4) is 0 Å². The van der Waals surface area contributed by atoms with Crippen molar-refractivity contribution in [3.8, 4) is 11.5 Å². The van der Waals surface area contributed by atoms with Crippen molar-refractivity contribution in [2.75, 3.05) is 20.3 Å². The van der Waals surface area contributed by atoms with Crippen molar-refractivity contribution in [3.05, 3.63) is 46.3 Å². The van der Waals surface area contributed by atoms with Crippen LogP contribution in [-0.4, -0.2) is 32.1 Å². The summed E-state index contributed by atoms with van der Waals surface area (Å²) in [5.74, 6) is 0.477. The lowest BCUT2D eigenvalue weighted by molar-refractivity contribution is -0.139. The first-order chi connectivity index (χ1) is 15.5. The van der Waals surface area contributed by atoms with Crippen molar-refractivity contribution in [1.29, 1.82) is 0 Å². The van der Waals surface area contributed by atoms with Crippen LogP contribution in [0.1, 0.15) is 77.2 Å². The van der Waals surface area contributed by atoms with E-state index in [9.17, 15) is 9.59 Å². The Balaban J connectivity index is 2.01. The van der Waals surface area contributed by atoms with Crippen molar-refractivity contribution in [2.24, 2.45) is 0 Å². The van der Waals surface area contributed by atoms with Gasteiger partial charge in [0.05, 0.1) is 25.9 Å². The molecule has 1 aromatic carbocycles. The average Bonchev–Trinajstić information content (AvgIpc) is 2.79. The third-order valence-electron chi connectivity index (χ3n) is 5.96. The quantitative estimate of drug-likeness (QED) is 0.398. The fourth-order valence-corrected chi connectivity index (χ4v) is 4.38. The lowest BCUT2D eigenvalue weighted by Gasteiger charge is -2.34. The maximum atomic E-state index is 13.2. The highest BCUT2D eigenvalue weighted by Crippen LogP contribution is 2.44. The van der Waals surface area contributed by atoms with Gasteiger partial charge >= 0.3 is 5.97 Å². The van der Waals surface area contributed by atoms with Gasteiger partial charge in [0.25, 0.3) is 0 Å². The average molecular weight is 442 g/mol. The Labute approximate surface area is 191 Å². The van der Waals surface area contributed by atoms with Crippen LogP contribution < -0.4 is 14.8 Å². The lowest BCUT2D eigenvalue weighted by atomic mass is 9.75. The monoisotopic (exact) mass is 441 g/mol. The van der Waals surface area contributed by atoms with Gasteiger partial charge in [-0.1, -0.05) is 32.8 Å². The smallest absolute Gasteiger partial charge is 0.336 e. The third kappa shape index (κ3) is 5.17. The fraction of sp³-hybridized carbons (Fsp3) is 0.538. The van der Waals surface area contributed by atoms with Crippen molar-refractivity contribution in [3.63, 3.8) is 0 Å². The maximum Gasteiger partial charge on any atom is 0.336 e. The molecule has 32 heavy (non-hydrogen) atoms. The van der Waals surface area contributed by atoms with Gasteiger partial charge in [-0.2, -0.15) is 0 Å². The van der Waals surface area contributed by atoms with E-state index in [4.69, 9.17) is 14.2 Å². The second-order valence-corrected chi connectivity index (χ2v) is 8.37. The molecule has 0 radical (unpaired) electrons. The Morgan fingerprint density at radius 1 is 1.09 bits per heavy atom. The number of esters is 1. The van der Waals surface area contributed by atoms with Crippen molar-refractivity contribution < 1.29 is 23.8 Å². The molecule has 0 saturated carbocycles. The molecule has 1 N–H and O–H groups in total. The Morgan fingerprint density at radius 3 is 2.62 bits per heavy atom. The first-order valence-electron chi connectivity index (χ1n) is 11.7. The van der Waals surface area contributed by atoms with Gasteiger partial charge in [-0.15, -0.1) is 0 Å². The first-order valence-corrected chi connectivity index (χ1v) is 11.7. The minimum absolute atomic E-state index is 0.0813. The highest BCUT2D eigenvalue weighted by Gasteiger charge is 2.39. The zero-order valence-corrected chi connectivity index (χ0v) is 19.7. The van der Waals surface area contributed by atoms with Crippen LogP contribution in [-0.2, 0) is 14.3 Å². The second kappa shape index (κ2) is 11.2. The molecular weight excluding hydrogens is 406 g/mol. The minimum atomic E-state index is -0.480. The van der Waals surface area contributed by atoms with Gasteiger partial charge in [0, 0.05) is 29.3 Å². The zero-order valence-electron chi connectivity index (χ0n) is 19.7. The van der Waals surface area contributed by atoms with Crippen LogP contribution in [0.2, 0.25) is 0 Å². The molecule has 0 amide bonds. The Bertz CT molecular complexity index is 915. The largest absolute Gasteiger partial charge is 0.493 e. The summed E-state index contributed by atoms with van der Waals surface area (Å²) in [4.78, 5) is 26.2. The van der Waals surface area contributed by atoms with Gasteiger partial charge in [-0.25, -0.2) is 4.79 Å². The number of hydrogen-bond donors (Lipinski definition) is 1. The summed E-state index contributed by atoms with van der Waals surface area (Å²) in [6, 6.07) is 5.66. The van der Waals surface area contributed by atoms with Gasteiger partial charge < -0.3 is 19.5 Å². The van der Waals surface area contributed by atoms with Crippen LogP contribution in [0.25, 0.3) is 0 Å². The van der Waals surface area contributed by atoms with Gasteiger partial charge in [-0.05, 0) is 50.3 Å². The summed E-state index contributed by atoms with van der Waals surface area (Å²) in [5.41, 5.74) is 3.66. The molecule has 2 aliphatic rings. The van der Waals surface area contributed by atoms with Crippen LogP contribution in [0.5, 0.6) is 11.5 Å². The number of dihydropyridines is 1. The topological polar surface area (TPSA) is 73.9 Å². The number of carbonyl (C=O) groups excluding carboxylic acids is 2. The standard InChI is InChI=1S/C26H35NO5/c1-5-7-8-15-32-26(29)23-17(3)27-19-10-9-11-20(28)25(19)24(23)18-12-13-21(31-14-6-2)22(16-18)30-4/h12-13,16,24,27H,5-11,14-15H2,1-4H3/t24-/m0/s1. The Kier molecular flexibility index (Phi) is 8.37. The number of nitrogens with one attached hydrogen (secondary N) is 1. The molecule has 1 heterocycles. The number of methoxy groups -OCH3 is 1. The van der Waals surface area contributed by atoms with E-state index in [2.05, 4.69) is 12.2 Å². The van der Waals surface area contributed by atoms with Crippen LogP contribution in [0, 0.1) is 0 Å². The van der Waals surface area contributed by atoms with Gasteiger partial charge in [0.2, 0.25) is 0 Å². The number of ether oxygens (including phenoxy) is 3. The molecule has 0 spiro atoms. The predicted octanol–water partition coefficient (Wildman–Crippen LogP) is 5.19. The molecule has 0 aromatic heterocycles. The second-order valence-electron chi connectivity index (χ2n) is 8.37. The number of benzene rings is 1. The number of rotatable bonds is 10. The summed E-state index contributed by atoms with van der Waals surface area (Å²) in [5, 5.41) is 3.33. The predicted molar refractivity (Wildman–Crippen MR) is 124 cm³/mol. The lowest BCUT2D eigenvalue weighted by Crippen LogP contribution is -2.34. The molecule has 0 unspecified atom stereocenters. The molecule has 0 saturated heterocycles. The number of Topliss-reactive ketones (excluding diaryl/α,β-unsaturated/α-hetero) is 1.